The molecule has 0 saturated heterocycles. The van der Waals surface area contributed by atoms with E-state index < -0.39 is 11.9 Å². The fraction of sp³-hybridized carbons (Fsp3) is 0.588. The van der Waals surface area contributed by atoms with Crippen molar-refractivity contribution in [3.63, 3.8) is 0 Å². The number of ether oxygens (including phenoxy) is 2. The summed E-state index contributed by atoms with van der Waals surface area (Å²) >= 11 is 0. The van der Waals surface area contributed by atoms with E-state index in [2.05, 4.69) is 13.2 Å². The van der Waals surface area contributed by atoms with E-state index in [4.69, 9.17) is 9.47 Å². The lowest BCUT2D eigenvalue weighted by molar-refractivity contribution is -0.142. The van der Waals surface area contributed by atoms with Gasteiger partial charge in [0.1, 0.15) is 6.61 Å². The summed E-state index contributed by atoms with van der Waals surface area (Å²) in [5, 5.41) is 0. The van der Waals surface area contributed by atoms with E-state index in [1.807, 2.05) is 6.92 Å². The summed E-state index contributed by atoms with van der Waals surface area (Å²) in [5.74, 6) is -0.872. The topological polar surface area (TPSA) is 72.9 Å². The van der Waals surface area contributed by atoms with E-state index in [9.17, 15) is 14.4 Å². The number of rotatable bonds is 11. The Bertz CT molecular complexity index is 456. The third-order valence-electron chi connectivity index (χ3n) is 3.04. The van der Waals surface area contributed by atoms with Crippen molar-refractivity contribution in [3.8, 4) is 0 Å². The molecule has 0 heterocycles. The third-order valence-corrected chi connectivity index (χ3v) is 3.04. The summed E-state index contributed by atoms with van der Waals surface area (Å²) in [6, 6.07) is 0. The molecule has 0 aromatic heterocycles. The Balaban J connectivity index is 3.93. The molecule has 0 aromatic carbocycles. The van der Waals surface area contributed by atoms with Gasteiger partial charge in [-0.15, -0.1) is 0 Å². The molecule has 0 spiro atoms. The number of hydrogen-bond acceptors (Lipinski definition) is 5. The molecule has 130 valence electrons. The first kappa shape index (κ1) is 20.9. The van der Waals surface area contributed by atoms with E-state index in [0.29, 0.717) is 43.5 Å². The van der Waals surface area contributed by atoms with Gasteiger partial charge >= 0.3 is 11.9 Å². The van der Waals surface area contributed by atoms with Crippen LogP contribution in [0.3, 0.4) is 0 Å². The van der Waals surface area contributed by atoms with Gasteiger partial charge < -0.3 is 14.4 Å². The molecular weight excluding hydrogens is 298 g/mol. The molecule has 0 unspecified atom stereocenters. The summed E-state index contributed by atoms with van der Waals surface area (Å²) in [6.45, 7) is 13.4. The minimum atomic E-state index is -0.451. The van der Waals surface area contributed by atoms with Crippen LogP contribution in [0.1, 0.15) is 40.0 Å². The lowest BCUT2D eigenvalue weighted by atomic mass is 10.2. The Kier molecular flexibility index (Phi) is 10.4. The molecule has 23 heavy (non-hydrogen) atoms. The average molecular weight is 325 g/mol. The van der Waals surface area contributed by atoms with Crippen molar-refractivity contribution in [2.75, 3.05) is 26.3 Å². The third kappa shape index (κ3) is 9.50. The molecule has 0 radical (unpaired) electrons. The predicted octanol–water partition coefficient (Wildman–Crippen LogP) is 2.24. The molecule has 0 aliphatic carbocycles. The lowest BCUT2D eigenvalue weighted by Gasteiger charge is -2.20. The molecule has 0 rings (SSSR count). The number of esters is 2. The molecule has 6 nitrogen and oxygen atoms in total. The smallest absolute Gasteiger partial charge is 0.333 e. The highest BCUT2D eigenvalue weighted by Crippen LogP contribution is 2.03. The van der Waals surface area contributed by atoms with Gasteiger partial charge in [0.15, 0.2) is 0 Å². The van der Waals surface area contributed by atoms with Crippen LogP contribution in [-0.4, -0.2) is 49.0 Å². The second kappa shape index (κ2) is 11.5. The van der Waals surface area contributed by atoms with Gasteiger partial charge in [0.05, 0.1) is 13.2 Å². The van der Waals surface area contributed by atoms with Crippen LogP contribution in [0.2, 0.25) is 0 Å². The zero-order valence-electron chi connectivity index (χ0n) is 14.4. The second-order valence-corrected chi connectivity index (χ2v) is 5.26. The summed E-state index contributed by atoms with van der Waals surface area (Å²) in [4.78, 5) is 36.1. The molecule has 0 saturated carbocycles. The number of carbonyl (C=O) groups is 3. The quantitative estimate of drug-likeness (QED) is 0.331. The van der Waals surface area contributed by atoms with Crippen LogP contribution in [0.4, 0.5) is 0 Å². The Labute approximate surface area is 138 Å². The van der Waals surface area contributed by atoms with Gasteiger partial charge in [-0.2, -0.15) is 0 Å². The van der Waals surface area contributed by atoms with Crippen molar-refractivity contribution >= 4 is 17.8 Å². The van der Waals surface area contributed by atoms with Gasteiger partial charge in [-0.25, -0.2) is 9.59 Å². The minimum absolute atomic E-state index is 0.00917. The molecule has 0 atom stereocenters. The van der Waals surface area contributed by atoms with Crippen molar-refractivity contribution in [1.82, 2.24) is 4.90 Å². The normalized spacial score (nSPS) is 9.87. The van der Waals surface area contributed by atoms with Gasteiger partial charge in [0.25, 0.3) is 0 Å². The van der Waals surface area contributed by atoms with Gasteiger partial charge in [0, 0.05) is 24.1 Å². The molecular formula is C17H27NO5. The van der Waals surface area contributed by atoms with Crippen LogP contribution < -0.4 is 0 Å². The van der Waals surface area contributed by atoms with E-state index in [-0.39, 0.29) is 19.1 Å². The Morgan fingerprint density at radius 1 is 0.913 bits per heavy atom. The van der Waals surface area contributed by atoms with E-state index in [1.54, 1.807) is 18.7 Å². The highest BCUT2D eigenvalue weighted by atomic mass is 16.5. The van der Waals surface area contributed by atoms with Crippen molar-refractivity contribution in [3.05, 3.63) is 24.3 Å². The summed E-state index contributed by atoms with van der Waals surface area (Å²) < 4.78 is 9.94. The highest BCUT2D eigenvalue weighted by molar-refractivity contribution is 5.87. The maximum Gasteiger partial charge on any atom is 0.333 e. The van der Waals surface area contributed by atoms with Crippen molar-refractivity contribution in [1.29, 1.82) is 0 Å². The number of nitrogens with zero attached hydrogens (tertiary/aromatic N) is 1. The summed E-state index contributed by atoms with van der Waals surface area (Å²) in [5.41, 5.74) is 0.700. The van der Waals surface area contributed by atoms with Crippen LogP contribution in [0.25, 0.3) is 0 Å². The Morgan fingerprint density at radius 2 is 1.43 bits per heavy atom. The Hall–Kier alpha value is -2.11. The first-order chi connectivity index (χ1) is 10.8. The van der Waals surface area contributed by atoms with Gasteiger partial charge in [-0.1, -0.05) is 13.2 Å². The fourth-order valence-electron chi connectivity index (χ4n) is 1.66. The molecule has 0 aliphatic rings. The maximum atomic E-state index is 12.0. The number of unbranched alkanes of at least 4 members (excludes halogenated alkanes) is 1. The number of carbonyl (C=O) groups excluding carboxylic acids is 3. The fourth-order valence-corrected chi connectivity index (χ4v) is 1.66. The molecule has 0 aromatic rings. The highest BCUT2D eigenvalue weighted by Gasteiger charge is 2.12. The van der Waals surface area contributed by atoms with Crippen LogP contribution in [0.5, 0.6) is 0 Å². The van der Waals surface area contributed by atoms with Crippen molar-refractivity contribution < 1.29 is 23.9 Å². The van der Waals surface area contributed by atoms with Crippen LogP contribution in [0.15, 0.2) is 24.3 Å². The zero-order valence-corrected chi connectivity index (χ0v) is 14.4. The summed E-state index contributed by atoms with van der Waals surface area (Å²) in [6.07, 6.45) is 1.62. The molecule has 0 N–H and O–H groups in total. The largest absolute Gasteiger partial charge is 0.462 e. The van der Waals surface area contributed by atoms with E-state index in [0.717, 1.165) is 0 Å². The number of hydrogen-bond donors (Lipinski definition) is 0. The first-order valence-electron chi connectivity index (χ1n) is 7.72. The monoisotopic (exact) mass is 325 g/mol. The Morgan fingerprint density at radius 3 is 1.91 bits per heavy atom. The standard InChI is InChI=1S/C17H27NO5/c1-6-18(10-12-23-17(21)14(4)5)15(19)9-7-8-11-22-16(20)13(2)3/h2,4,6-12H2,1,3,5H3. The van der Waals surface area contributed by atoms with E-state index in [1.165, 1.54) is 0 Å². The van der Waals surface area contributed by atoms with E-state index >= 15 is 0 Å². The minimum Gasteiger partial charge on any atom is -0.462 e. The predicted molar refractivity (Wildman–Crippen MR) is 87.7 cm³/mol. The van der Waals surface area contributed by atoms with Gasteiger partial charge in [0.2, 0.25) is 5.91 Å². The lowest BCUT2D eigenvalue weighted by Crippen LogP contribution is -2.34. The van der Waals surface area contributed by atoms with Crippen molar-refractivity contribution in [2.45, 2.75) is 40.0 Å². The number of amides is 1. The van der Waals surface area contributed by atoms with Gasteiger partial charge in [-0.05, 0) is 33.6 Å². The van der Waals surface area contributed by atoms with Crippen LogP contribution in [-0.2, 0) is 23.9 Å². The molecule has 0 fully saturated rings. The summed E-state index contributed by atoms with van der Waals surface area (Å²) in [7, 11) is 0. The zero-order chi connectivity index (χ0) is 17.8. The number of likely N-dealkylation sites (N-methyl/N-ethyl adjacent to an activating group) is 1. The maximum absolute atomic E-state index is 12.0. The molecule has 0 bridgehead atoms. The molecule has 1 amide bonds. The molecule has 0 aliphatic heterocycles. The molecule has 6 heteroatoms. The SMILES string of the molecule is C=C(C)C(=O)OCCCCC(=O)N(CC)CCOC(=O)C(=C)C. The van der Waals surface area contributed by atoms with Gasteiger partial charge in [-0.3, -0.25) is 4.79 Å². The van der Waals surface area contributed by atoms with Crippen LogP contribution in [0, 0.1) is 0 Å². The average Bonchev–Trinajstić information content (AvgIpc) is 2.50. The second-order valence-electron chi connectivity index (χ2n) is 5.26. The first-order valence-corrected chi connectivity index (χ1v) is 7.72. The van der Waals surface area contributed by atoms with Crippen molar-refractivity contribution in [2.24, 2.45) is 0 Å². The van der Waals surface area contributed by atoms with Crippen LogP contribution >= 0.6 is 0 Å².